The standard InChI is InChI=1S/C25H32N4O2/c30-20-10-6-9-18-22(20)25(13-4-5-14-25)29-23(26-18)28-24-27-19-15-17(11-12-21(19)31-24)16-7-2-1-3-8-16/h1-3,7-8,17-19,21-22H,4-6,9-15H2,(H2,26,27,28,29). The van der Waals surface area contributed by atoms with Crippen molar-refractivity contribution in [2.24, 2.45) is 15.9 Å². The Balaban J connectivity index is 1.19. The average molecular weight is 421 g/mol. The SMILES string of the molecule is O=C1CCCC2N=C(NC3=NC4CC(c5ccccc5)CCC4O3)NC3(CCCC3)C12. The van der Waals surface area contributed by atoms with Crippen molar-refractivity contribution < 1.29 is 9.53 Å². The van der Waals surface area contributed by atoms with E-state index in [1.54, 1.807) is 0 Å². The van der Waals surface area contributed by atoms with Crippen molar-refractivity contribution in [2.45, 2.75) is 93.9 Å². The van der Waals surface area contributed by atoms with E-state index in [9.17, 15) is 4.79 Å². The lowest BCUT2D eigenvalue weighted by atomic mass is 9.69. The first-order valence-corrected chi connectivity index (χ1v) is 12.2. The highest BCUT2D eigenvalue weighted by atomic mass is 16.5. The fourth-order valence-electron chi connectivity index (χ4n) is 6.76. The highest BCUT2D eigenvalue weighted by Gasteiger charge is 2.52. The maximum atomic E-state index is 12.8. The van der Waals surface area contributed by atoms with Gasteiger partial charge < -0.3 is 10.1 Å². The van der Waals surface area contributed by atoms with Gasteiger partial charge in [0, 0.05) is 6.42 Å². The van der Waals surface area contributed by atoms with E-state index in [1.165, 1.54) is 18.4 Å². The lowest BCUT2D eigenvalue weighted by Crippen LogP contribution is -2.65. The topological polar surface area (TPSA) is 75.1 Å². The number of fused-ring (bicyclic) bond motifs is 3. The number of carbonyl (C=O) groups is 1. The molecule has 6 rings (SSSR count). The van der Waals surface area contributed by atoms with Crippen LogP contribution in [0.3, 0.4) is 0 Å². The summed E-state index contributed by atoms with van der Waals surface area (Å²) in [5.74, 6) is 1.75. The minimum Gasteiger partial charge on any atom is -0.459 e. The summed E-state index contributed by atoms with van der Waals surface area (Å²) in [4.78, 5) is 22.6. The van der Waals surface area contributed by atoms with Gasteiger partial charge >= 0.3 is 0 Å². The lowest BCUT2D eigenvalue weighted by molar-refractivity contribution is -0.128. The van der Waals surface area contributed by atoms with Crippen molar-refractivity contribution in [3.63, 3.8) is 0 Å². The third kappa shape index (κ3) is 3.44. The van der Waals surface area contributed by atoms with Gasteiger partial charge in [0.2, 0.25) is 0 Å². The molecule has 1 aromatic carbocycles. The number of amidine groups is 1. The minimum atomic E-state index is -0.128. The number of guanidine groups is 1. The zero-order valence-electron chi connectivity index (χ0n) is 18.1. The van der Waals surface area contributed by atoms with Crippen molar-refractivity contribution in [3.8, 4) is 0 Å². The molecule has 1 spiro atoms. The van der Waals surface area contributed by atoms with E-state index in [2.05, 4.69) is 41.0 Å². The van der Waals surface area contributed by atoms with Crippen LogP contribution in [0.4, 0.5) is 0 Å². The molecule has 0 radical (unpaired) electrons. The van der Waals surface area contributed by atoms with Crippen LogP contribution in [0.1, 0.15) is 75.7 Å². The van der Waals surface area contributed by atoms with Crippen LogP contribution in [0.2, 0.25) is 0 Å². The van der Waals surface area contributed by atoms with Crippen molar-refractivity contribution in [1.29, 1.82) is 0 Å². The molecular formula is C25H32N4O2. The van der Waals surface area contributed by atoms with E-state index in [4.69, 9.17) is 14.7 Å². The third-order valence-electron chi connectivity index (χ3n) is 8.21. The van der Waals surface area contributed by atoms with Gasteiger partial charge in [-0.25, -0.2) is 9.98 Å². The van der Waals surface area contributed by atoms with Crippen molar-refractivity contribution in [1.82, 2.24) is 10.6 Å². The van der Waals surface area contributed by atoms with Gasteiger partial charge in [-0.3, -0.25) is 10.1 Å². The smallest absolute Gasteiger partial charge is 0.292 e. The summed E-state index contributed by atoms with van der Waals surface area (Å²) in [7, 11) is 0. The van der Waals surface area contributed by atoms with Gasteiger partial charge in [0.15, 0.2) is 5.96 Å². The van der Waals surface area contributed by atoms with E-state index >= 15 is 0 Å². The molecule has 2 N–H and O–H groups in total. The number of rotatable bonds is 1. The van der Waals surface area contributed by atoms with Gasteiger partial charge in [-0.15, -0.1) is 0 Å². The minimum absolute atomic E-state index is 0.0370. The molecule has 1 aromatic rings. The number of ether oxygens (including phenoxy) is 1. The first kappa shape index (κ1) is 19.3. The molecule has 3 aliphatic carbocycles. The normalized spacial score (nSPS) is 36.0. The molecular weight excluding hydrogens is 388 g/mol. The number of hydrogen-bond donors (Lipinski definition) is 2. The maximum Gasteiger partial charge on any atom is 0.292 e. The van der Waals surface area contributed by atoms with Gasteiger partial charge in [-0.1, -0.05) is 43.2 Å². The van der Waals surface area contributed by atoms with Crippen LogP contribution >= 0.6 is 0 Å². The van der Waals surface area contributed by atoms with Crippen molar-refractivity contribution in [2.75, 3.05) is 0 Å². The van der Waals surface area contributed by atoms with Crippen LogP contribution in [0, 0.1) is 5.92 Å². The molecule has 0 saturated heterocycles. The van der Waals surface area contributed by atoms with Gasteiger partial charge in [0.1, 0.15) is 11.9 Å². The lowest BCUT2D eigenvalue weighted by Gasteiger charge is -2.46. The van der Waals surface area contributed by atoms with Crippen LogP contribution in [-0.4, -0.2) is 41.5 Å². The van der Waals surface area contributed by atoms with Gasteiger partial charge in [-0.05, 0) is 56.4 Å². The zero-order valence-corrected chi connectivity index (χ0v) is 18.1. The van der Waals surface area contributed by atoms with Crippen LogP contribution in [0.15, 0.2) is 40.3 Å². The van der Waals surface area contributed by atoms with E-state index in [0.717, 1.165) is 50.9 Å². The third-order valence-corrected chi connectivity index (χ3v) is 8.21. The fraction of sp³-hybridized carbons (Fsp3) is 0.640. The zero-order chi connectivity index (χ0) is 20.8. The summed E-state index contributed by atoms with van der Waals surface area (Å²) in [6, 6.07) is 11.7. The quantitative estimate of drug-likeness (QED) is 0.727. The molecule has 5 atom stereocenters. The second-order valence-corrected chi connectivity index (χ2v) is 10.1. The van der Waals surface area contributed by atoms with Gasteiger partial charge in [-0.2, -0.15) is 0 Å². The van der Waals surface area contributed by atoms with E-state index in [0.29, 0.717) is 24.1 Å². The van der Waals surface area contributed by atoms with Crippen LogP contribution < -0.4 is 10.6 Å². The Morgan fingerprint density at radius 3 is 2.68 bits per heavy atom. The van der Waals surface area contributed by atoms with E-state index < -0.39 is 0 Å². The number of carbonyl (C=O) groups excluding carboxylic acids is 1. The van der Waals surface area contributed by atoms with Crippen LogP contribution in [0.5, 0.6) is 0 Å². The first-order valence-electron chi connectivity index (χ1n) is 12.2. The number of Topliss-reactive ketones (excluding diaryl/α,β-unsaturated/α-hetero) is 1. The molecule has 31 heavy (non-hydrogen) atoms. The van der Waals surface area contributed by atoms with Crippen LogP contribution in [-0.2, 0) is 9.53 Å². The molecule has 164 valence electrons. The molecule has 2 aliphatic heterocycles. The average Bonchev–Trinajstić information content (AvgIpc) is 3.40. The number of nitrogens with zero attached hydrogens (tertiary/aromatic N) is 2. The number of aliphatic imine (C=N–C) groups is 2. The summed E-state index contributed by atoms with van der Waals surface area (Å²) in [6.45, 7) is 0. The van der Waals surface area contributed by atoms with E-state index in [1.807, 2.05) is 0 Å². The number of ketones is 1. The highest BCUT2D eigenvalue weighted by molar-refractivity contribution is 5.98. The first-order chi connectivity index (χ1) is 15.2. The Morgan fingerprint density at radius 2 is 1.84 bits per heavy atom. The largest absolute Gasteiger partial charge is 0.459 e. The van der Waals surface area contributed by atoms with E-state index in [-0.39, 0.29) is 29.6 Å². The van der Waals surface area contributed by atoms with Crippen LogP contribution in [0.25, 0.3) is 0 Å². The molecule has 0 bridgehead atoms. The molecule has 2 heterocycles. The molecule has 3 fully saturated rings. The molecule has 0 amide bonds. The molecule has 6 heteroatoms. The number of hydrogen-bond acceptors (Lipinski definition) is 6. The highest BCUT2D eigenvalue weighted by Crippen LogP contribution is 2.44. The summed E-state index contributed by atoms with van der Waals surface area (Å²) >= 11 is 0. The number of benzene rings is 1. The summed E-state index contributed by atoms with van der Waals surface area (Å²) in [6.07, 6.45) is 10.5. The number of nitrogens with one attached hydrogen (secondary N) is 2. The molecule has 0 aromatic heterocycles. The summed E-state index contributed by atoms with van der Waals surface area (Å²) in [5, 5.41) is 7.04. The monoisotopic (exact) mass is 420 g/mol. The molecule has 5 aliphatic rings. The predicted octanol–water partition coefficient (Wildman–Crippen LogP) is 3.68. The van der Waals surface area contributed by atoms with Gasteiger partial charge in [0.25, 0.3) is 6.02 Å². The summed E-state index contributed by atoms with van der Waals surface area (Å²) in [5.41, 5.74) is 1.28. The van der Waals surface area contributed by atoms with Crippen molar-refractivity contribution in [3.05, 3.63) is 35.9 Å². The summed E-state index contributed by atoms with van der Waals surface area (Å²) < 4.78 is 6.21. The maximum absolute atomic E-state index is 12.8. The second kappa shape index (κ2) is 7.64. The molecule has 6 nitrogen and oxygen atoms in total. The van der Waals surface area contributed by atoms with Gasteiger partial charge in [0.05, 0.1) is 23.5 Å². The Morgan fingerprint density at radius 1 is 1.00 bits per heavy atom. The predicted molar refractivity (Wildman–Crippen MR) is 120 cm³/mol. The molecule has 3 saturated carbocycles. The Bertz CT molecular complexity index is 905. The Kier molecular flexibility index (Phi) is 4.77. The Labute approximate surface area is 184 Å². The fourth-order valence-corrected chi connectivity index (χ4v) is 6.76. The Hall–Kier alpha value is -2.37. The second-order valence-electron chi connectivity index (χ2n) is 10.1. The van der Waals surface area contributed by atoms with Crippen molar-refractivity contribution >= 4 is 17.8 Å². The molecule has 5 unspecified atom stereocenters.